The Labute approximate surface area is 201 Å². The van der Waals surface area contributed by atoms with Crippen molar-refractivity contribution in [3.63, 3.8) is 0 Å². The zero-order valence-electron chi connectivity index (χ0n) is 20.0. The highest BCUT2D eigenvalue weighted by atomic mass is 19.1. The van der Waals surface area contributed by atoms with Crippen LogP contribution in [0.15, 0.2) is 67.3 Å². The van der Waals surface area contributed by atoms with Gasteiger partial charge in [-0.15, -0.1) is 6.58 Å². The molecule has 3 rings (SSSR count). The van der Waals surface area contributed by atoms with Crippen LogP contribution < -0.4 is 4.74 Å². The van der Waals surface area contributed by atoms with E-state index in [1.807, 2.05) is 43.3 Å². The predicted octanol–water partition coefficient (Wildman–Crippen LogP) is 5.14. The van der Waals surface area contributed by atoms with E-state index in [1.165, 1.54) is 6.07 Å². The fourth-order valence-electron chi connectivity index (χ4n) is 3.78. The summed E-state index contributed by atoms with van der Waals surface area (Å²) in [6.07, 6.45) is 3.37. The minimum Gasteiger partial charge on any atom is -0.435 e. The first-order chi connectivity index (χ1) is 16.6. The molecule has 0 saturated carbocycles. The second kappa shape index (κ2) is 13.0. The Morgan fingerprint density at radius 3 is 2.59 bits per heavy atom. The normalized spacial score (nSPS) is 12.1. The lowest BCUT2D eigenvalue weighted by molar-refractivity contribution is 0.0804. The van der Waals surface area contributed by atoms with Gasteiger partial charge in [-0.1, -0.05) is 43.3 Å². The fraction of sp³-hybridized carbons (Fsp3) is 0.370. The molecule has 0 spiro atoms. The minimum absolute atomic E-state index is 0.137. The number of aliphatic hydroxyl groups excluding tert-OH is 1. The lowest BCUT2D eigenvalue weighted by atomic mass is 10.1. The van der Waals surface area contributed by atoms with Gasteiger partial charge in [-0.25, -0.2) is 9.07 Å². The molecule has 1 N–H and O–H groups in total. The van der Waals surface area contributed by atoms with Crippen LogP contribution in [0.2, 0.25) is 0 Å². The van der Waals surface area contributed by atoms with Crippen molar-refractivity contribution in [2.75, 3.05) is 26.8 Å². The molecule has 34 heavy (non-hydrogen) atoms. The number of rotatable bonds is 14. The van der Waals surface area contributed by atoms with Gasteiger partial charge in [-0.05, 0) is 43.5 Å². The van der Waals surface area contributed by atoms with E-state index >= 15 is 0 Å². The Bertz CT molecular complexity index is 1040. The summed E-state index contributed by atoms with van der Waals surface area (Å²) in [5, 5.41) is 15.4. The first-order valence-electron chi connectivity index (χ1n) is 11.7. The second-order valence-electron chi connectivity index (χ2n) is 8.11. The summed E-state index contributed by atoms with van der Waals surface area (Å²) in [4.78, 5) is 2.12. The second-order valence-corrected chi connectivity index (χ2v) is 8.11. The number of aliphatic hydroxyl groups is 1. The molecule has 0 aliphatic carbocycles. The lowest BCUT2D eigenvalue weighted by Crippen LogP contribution is -2.34. The van der Waals surface area contributed by atoms with Crippen LogP contribution in [0.5, 0.6) is 11.6 Å². The number of methoxy groups -OCH3 is 1. The van der Waals surface area contributed by atoms with Crippen LogP contribution in [-0.2, 0) is 17.7 Å². The molecule has 0 saturated heterocycles. The topological polar surface area (TPSA) is 59.8 Å². The number of halogens is 1. The van der Waals surface area contributed by atoms with Crippen molar-refractivity contribution in [3.05, 3.63) is 84.3 Å². The summed E-state index contributed by atoms with van der Waals surface area (Å²) in [6, 6.07) is 16.0. The van der Waals surface area contributed by atoms with E-state index in [2.05, 4.69) is 11.5 Å². The Morgan fingerprint density at radius 1 is 1.18 bits per heavy atom. The van der Waals surface area contributed by atoms with Crippen molar-refractivity contribution >= 4 is 0 Å². The zero-order valence-corrected chi connectivity index (χ0v) is 20.0. The quantitative estimate of drug-likeness (QED) is 0.333. The highest BCUT2D eigenvalue weighted by molar-refractivity contribution is 5.44. The van der Waals surface area contributed by atoms with Gasteiger partial charge >= 0.3 is 0 Å². The summed E-state index contributed by atoms with van der Waals surface area (Å²) in [7, 11) is 1.66. The van der Waals surface area contributed by atoms with Gasteiger partial charge in [-0.2, -0.15) is 5.10 Å². The van der Waals surface area contributed by atoms with Crippen LogP contribution in [0, 0.1) is 5.82 Å². The van der Waals surface area contributed by atoms with Crippen molar-refractivity contribution in [1.29, 1.82) is 0 Å². The summed E-state index contributed by atoms with van der Waals surface area (Å²) in [6.45, 7) is 7.87. The number of aryl methyl sites for hydroxylation is 1. The Morgan fingerprint density at radius 2 is 1.91 bits per heavy atom. The van der Waals surface area contributed by atoms with Gasteiger partial charge in [0, 0.05) is 26.7 Å². The maximum absolute atomic E-state index is 14.5. The molecule has 0 radical (unpaired) electrons. The number of ether oxygens (including phenoxy) is 2. The largest absolute Gasteiger partial charge is 0.435 e. The molecule has 0 fully saturated rings. The summed E-state index contributed by atoms with van der Waals surface area (Å²) < 4.78 is 27.7. The number of allylic oxidation sites excluding steroid dienone is 1. The molecule has 182 valence electrons. The Hall–Kier alpha value is -3.00. The van der Waals surface area contributed by atoms with Crippen molar-refractivity contribution in [1.82, 2.24) is 14.7 Å². The molecule has 2 aromatic carbocycles. The Kier molecular flexibility index (Phi) is 9.82. The molecule has 1 unspecified atom stereocenters. The Balaban J connectivity index is 2.01. The van der Waals surface area contributed by atoms with Crippen LogP contribution in [0.25, 0.3) is 5.69 Å². The van der Waals surface area contributed by atoms with Gasteiger partial charge in [0.2, 0.25) is 5.88 Å². The van der Waals surface area contributed by atoms with Crippen molar-refractivity contribution < 1.29 is 19.0 Å². The highest BCUT2D eigenvalue weighted by Crippen LogP contribution is 2.33. The zero-order chi connectivity index (χ0) is 24.3. The van der Waals surface area contributed by atoms with Crippen LogP contribution in [0.1, 0.15) is 31.0 Å². The molecule has 1 atom stereocenters. The van der Waals surface area contributed by atoms with E-state index in [1.54, 1.807) is 30.0 Å². The molecule has 6 nitrogen and oxygen atoms in total. The van der Waals surface area contributed by atoms with Crippen LogP contribution >= 0.6 is 0 Å². The number of benzene rings is 2. The predicted molar refractivity (Wildman–Crippen MR) is 132 cm³/mol. The number of para-hydroxylation sites is 2. The molecule has 1 aromatic heterocycles. The van der Waals surface area contributed by atoms with Gasteiger partial charge in [0.1, 0.15) is 0 Å². The number of nitrogens with zero attached hydrogens (tertiary/aromatic N) is 3. The molecule has 0 aliphatic heterocycles. The van der Waals surface area contributed by atoms with E-state index in [-0.39, 0.29) is 5.75 Å². The number of aromatic nitrogens is 2. The molecule has 1 heterocycles. The number of hydrogen-bond donors (Lipinski definition) is 1. The SMILES string of the molecule is C=CCCC(O)CN(CCOC)Cc1c(CC)nn(-c2ccccc2)c1Oc1ccccc1F. The fourth-order valence-corrected chi connectivity index (χ4v) is 3.78. The molecule has 0 amide bonds. The molecule has 3 aromatic rings. The molecule has 7 heteroatoms. The van der Waals surface area contributed by atoms with Crippen molar-refractivity contribution in [3.8, 4) is 17.3 Å². The lowest BCUT2D eigenvalue weighted by Gasteiger charge is -2.25. The molecule has 0 bridgehead atoms. The standard InChI is InChI=1S/C27H34FN3O3/c1-4-6-14-22(32)19-30(17-18-33-3)20-23-25(5-2)29-31(21-12-8-7-9-13-21)27(23)34-26-16-11-10-15-24(26)28/h4,7-13,15-16,22,32H,1,5-6,14,17-20H2,2-3H3. The van der Waals surface area contributed by atoms with Gasteiger partial charge in [0.25, 0.3) is 0 Å². The van der Waals surface area contributed by atoms with E-state index < -0.39 is 11.9 Å². The van der Waals surface area contributed by atoms with Gasteiger partial charge < -0.3 is 14.6 Å². The maximum atomic E-state index is 14.5. The molecular formula is C27H34FN3O3. The third-order valence-corrected chi connectivity index (χ3v) is 5.56. The first kappa shape index (κ1) is 25.6. The number of hydrogen-bond acceptors (Lipinski definition) is 5. The highest BCUT2D eigenvalue weighted by Gasteiger charge is 2.24. The van der Waals surface area contributed by atoms with Crippen molar-refractivity contribution in [2.24, 2.45) is 0 Å². The summed E-state index contributed by atoms with van der Waals surface area (Å²) in [5.41, 5.74) is 2.55. The molecular weight excluding hydrogens is 433 g/mol. The molecule has 0 aliphatic rings. The van der Waals surface area contributed by atoms with E-state index in [9.17, 15) is 9.50 Å². The van der Waals surface area contributed by atoms with Crippen molar-refractivity contribution in [2.45, 2.75) is 38.8 Å². The van der Waals surface area contributed by atoms with Gasteiger partial charge in [0.05, 0.1) is 29.7 Å². The van der Waals surface area contributed by atoms with Crippen LogP contribution in [0.4, 0.5) is 4.39 Å². The van der Waals surface area contributed by atoms with Crippen LogP contribution in [0.3, 0.4) is 0 Å². The first-order valence-corrected chi connectivity index (χ1v) is 11.7. The third kappa shape index (κ3) is 6.76. The third-order valence-electron chi connectivity index (χ3n) is 5.56. The average Bonchev–Trinajstić information content (AvgIpc) is 3.20. The van der Waals surface area contributed by atoms with Gasteiger partial charge in [-0.3, -0.25) is 4.90 Å². The van der Waals surface area contributed by atoms with E-state index in [4.69, 9.17) is 14.6 Å². The van der Waals surface area contributed by atoms with Gasteiger partial charge in [0.15, 0.2) is 11.6 Å². The van der Waals surface area contributed by atoms with E-state index in [0.717, 1.165) is 23.4 Å². The smallest absolute Gasteiger partial charge is 0.227 e. The summed E-state index contributed by atoms with van der Waals surface area (Å²) >= 11 is 0. The van der Waals surface area contributed by atoms with E-state index in [0.29, 0.717) is 45.0 Å². The van der Waals surface area contributed by atoms with Crippen LogP contribution in [-0.4, -0.2) is 52.7 Å². The minimum atomic E-state index is -0.500. The average molecular weight is 468 g/mol. The maximum Gasteiger partial charge on any atom is 0.227 e. The monoisotopic (exact) mass is 467 g/mol. The summed E-state index contributed by atoms with van der Waals surface area (Å²) in [5.74, 6) is 0.164.